The number of hydrogen-bond donors (Lipinski definition) is 0. The van der Waals surface area contributed by atoms with E-state index >= 15 is 0 Å². The molecular formula is C16H21N3O2. The van der Waals surface area contributed by atoms with Gasteiger partial charge in [-0.05, 0) is 18.6 Å². The number of para-hydroxylation sites is 1. The molecule has 21 heavy (non-hydrogen) atoms. The van der Waals surface area contributed by atoms with Crippen LogP contribution in [-0.2, 0) is 0 Å². The molecule has 0 radical (unpaired) electrons. The summed E-state index contributed by atoms with van der Waals surface area (Å²) in [7, 11) is 3.34. The summed E-state index contributed by atoms with van der Waals surface area (Å²) in [4.78, 5) is 14.1. The Bertz CT molecular complexity index is 593. The maximum absolute atomic E-state index is 12.4. The van der Waals surface area contributed by atoms with E-state index in [9.17, 15) is 4.79 Å². The van der Waals surface area contributed by atoms with Crippen LogP contribution >= 0.6 is 0 Å². The van der Waals surface area contributed by atoms with Crippen LogP contribution < -0.4 is 4.74 Å². The van der Waals surface area contributed by atoms with Crippen LogP contribution in [0.5, 0.6) is 5.75 Å². The van der Waals surface area contributed by atoms with Gasteiger partial charge >= 0.3 is 0 Å². The number of carbonyl (C=O) groups excluding carboxylic acids is 1. The van der Waals surface area contributed by atoms with E-state index in [-0.39, 0.29) is 5.91 Å². The molecule has 0 aliphatic carbocycles. The van der Waals surface area contributed by atoms with Gasteiger partial charge < -0.3 is 9.64 Å². The first-order valence-electron chi connectivity index (χ1n) is 7.12. The Kier molecular flexibility index (Phi) is 4.98. The number of unbranched alkanes of at least 4 members (excludes halogenated alkanes) is 1. The number of amides is 1. The molecule has 0 saturated heterocycles. The van der Waals surface area contributed by atoms with Crippen LogP contribution in [0.15, 0.2) is 36.5 Å². The molecule has 1 amide bonds. The van der Waals surface area contributed by atoms with Crippen LogP contribution in [0.2, 0.25) is 0 Å². The van der Waals surface area contributed by atoms with Gasteiger partial charge in [0, 0.05) is 13.6 Å². The Morgan fingerprint density at radius 3 is 2.67 bits per heavy atom. The van der Waals surface area contributed by atoms with Crippen LogP contribution in [0.25, 0.3) is 5.69 Å². The Labute approximate surface area is 125 Å². The molecule has 1 aromatic carbocycles. The van der Waals surface area contributed by atoms with Crippen molar-refractivity contribution in [1.29, 1.82) is 0 Å². The minimum Gasteiger partial charge on any atom is -0.493 e. The number of benzene rings is 1. The molecule has 0 spiro atoms. The lowest BCUT2D eigenvalue weighted by Gasteiger charge is -2.15. The van der Waals surface area contributed by atoms with E-state index in [1.54, 1.807) is 29.9 Å². The molecule has 0 atom stereocenters. The Hall–Kier alpha value is -2.30. The second kappa shape index (κ2) is 6.92. The van der Waals surface area contributed by atoms with Crippen LogP contribution in [0, 0.1) is 0 Å². The van der Waals surface area contributed by atoms with Gasteiger partial charge in [0.25, 0.3) is 5.91 Å². The first kappa shape index (κ1) is 15.1. The zero-order valence-corrected chi connectivity index (χ0v) is 12.7. The third kappa shape index (κ3) is 3.42. The van der Waals surface area contributed by atoms with E-state index in [0.717, 1.165) is 25.1 Å². The topological polar surface area (TPSA) is 47.4 Å². The van der Waals surface area contributed by atoms with Crippen LogP contribution in [0.4, 0.5) is 0 Å². The second-order valence-electron chi connectivity index (χ2n) is 4.91. The molecule has 0 aliphatic rings. The minimum absolute atomic E-state index is 0.116. The van der Waals surface area contributed by atoms with Crippen molar-refractivity contribution in [3.8, 4) is 11.4 Å². The number of methoxy groups -OCH3 is 1. The highest BCUT2D eigenvalue weighted by atomic mass is 16.5. The average Bonchev–Trinajstić information content (AvgIpc) is 2.97. The lowest BCUT2D eigenvalue weighted by Crippen LogP contribution is -2.28. The number of hydrogen-bond acceptors (Lipinski definition) is 3. The molecule has 5 heteroatoms. The van der Waals surface area contributed by atoms with Crippen LogP contribution in [-0.4, -0.2) is 41.3 Å². The summed E-state index contributed by atoms with van der Waals surface area (Å²) < 4.78 is 6.96. The number of rotatable bonds is 6. The Morgan fingerprint density at radius 2 is 2.05 bits per heavy atom. The second-order valence-corrected chi connectivity index (χ2v) is 4.91. The molecular weight excluding hydrogens is 266 g/mol. The van der Waals surface area contributed by atoms with Crippen molar-refractivity contribution in [3.63, 3.8) is 0 Å². The fourth-order valence-corrected chi connectivity index (χ4v) is 2.05. The molecule has 1 heterocycles. The third-order valence-electron chi connectivity index (χ3n) is 3.32. The zero-order valence-electron chi connectivity index (χ0n) is 12.7. The quantitative estimate of drug-likeness (QED) is 0.820. The maximum atomic E-state index is 12.4. The highest BCUT2D eigenvalue weighted by Gasteiger charge is 2.21. The standard InChI is InChI=1S/C16H21N3O2/c1-4-5-11-18(2)16(20)15-14(21-3)12-19(17-15)13-9-7-6-8-10-13/h6-10,12H,4-5,11H2,1-3H3. The predicted molar refractivity (Wildman–Crippen MR) is 82.0 cm³/mol. The highest BCUT2D eigenvalue weighted by Crippen LogP contribution is 2.20. The van der Waals surface area contributed by atoms with Crippen molar-refractivity contribution < 1.29 is 9.53 Å². The molecule has 1 aromatic heterocycles. The van der Waals surface area contributed by atoms with Gasteiger partial charge in [-0.15, -0.1) is 0 Å². The Morgan fingerprint density at radius 1 is 1.33 bits per heavy atom. The number of nitrogens with zero attached hydrogens (tertiary/aromatic N) is 3. The molecule has 0 N–H and O–H groups in total. The van der Waals surface area contributed by atoms with Crippen molar-refractivity contribution in [2.24, 2.45) is 0 Å². The fourth-order valence-electron chi connectivity index (χ4n) is 2.05. The van der Waals surface area contributed by atoms with E-state index in [1.807, 2.05) is 30.3 Å². The lowest BCUT2D eigenvalue weighted by atomic mass is 10.3. The first-order valence-corrected chi connectivity index (χ1v) is 7.12. The highest BCUT2D eigenvalue weighted by molar-refractivity contribution is 5.94. The van der Waals surface area contributed by atoms with Gasteiger partial charge in [-0.1, -0.05) is 31.5 Å². The van der Waals surface area contributed by atoms with Gasteiger partial charge in [-0.3, -0.25) is 4.79 Å². The van der Waals surface area contributed by atoms with Crippen molar-refractivity contribution >= 4 is 5.91 Å². The number of carbonyl (C=O) groups is 1. The molecule has 2 rings (SSSR count). The molecule has 0 aliphatic heterocycles. The van der Waals surface area contributed by atoms with Gasteiger partial charge in [0.05, 0.1) is 19.0 Å². The SMILES string of the molecule is CCCCN(C)C(=O)c1nn(-c2ccccc2)cc1OC. The summed E-state index contributed by atoms with van der Waals surface area (Å²) in [5.41, 5.74) is 1.24. The number of aromatic nitrogens is 2. The van der Waals surface area contributed by atoms with Gasteiger partial charge in [0.1, 0.15) is 0 Å². The molecule has 5 nitrogen and oxygen atoms in total. The molecule has 0 unspecified atom stereocenters. The number of ether oxygens (including phenoxy) is 1. The fraction of sp³-hybridized carbons (Fsp3) is 0.375. The smallest absolute Gasteiger partial charge is 0.277 e. The lowest BCUT2D eigenvalue weighted by molar-refractivity contribution is 0.0783. The molecule has 0 fully saturated rings. The average molecular weight is 287 g/mol. The summed E-state index contributed by atoms with van der Waals surface area (Å²) in [5, 5.41) is 4.38. The minimum atomic E-state index is -0.116. The third-order valence-corrected chi connectivity index (χ3v) is 3.32. The van der Waals surface area contributed by atoms with E-state index in [4.69, 9.17) is 4.74 Å². The molecule has 0 bridgehead atoms. The molecule has 0 saturated carbocycles. The summed E-state index contributed by atoms with van der Waals surface area (Å²) >= 11 is 0. The first-order chi connectivity index (χ1) is 10.2. The summed E-state index contributed by atoms with van der Waals surface area (Å²) in [5.74, 6) is 0.377. The van der Waals surface area contributed by atoms with Crippen molar-refractivity contribution in [3.05, 3.63) is 42.2 Å². The van der Waals surface area contributed by atoms with Gasteiger partial charge in [0.2, 0.25) is 0 Å². The van der Waals surface area contributed by atoms with Crippen molar-refractivity contribution in [2.45, 2.75) is 19.8 Å². The normalized spacial score (nSPS) is 10.4. The largest absolute Gasteiger partial charge is 0.493 e. The molecule has 2 aromatic rings. The monoisotopic (exact) mass is 287 g/mol. The van der Waals surface area contributed by atoms with Crippen molar-refractivity contribution in [1.82, 2.24) is 14.7 Å². The van der Waals surface area contributed by atoms with Gasteiger partial charge in [-0.25, -0.2) is 4.68 Å². The maximum Gasteiger partial charge on any atom is 0.277 e. The van der Waals surface area contributed by atoms with Gasteiger partial charge in [-0.2, -0.15) is 5.10 Å². The Balaban J connectivity index is 2.27. The van der Waals surface area contributed by atoms with Gasteiger partial charge in [0.15, 0.2) is 11.4 Å². The molecule has 112 valence electrons. The summed E-state index contributed by atoms with van der Waals surface area (Å²) in [6.07, 6.45) is 3.76. The van der Waals surface area contributed by atoms with E-state index in [1.165, 1.54) is 0 Å². The summed E-state index contributed by atoms with van der Waals surface area (Å²) in [6, 6.07) is 9.66. The van der Waals surface area contributed by atoms with E-state index < -0.39 is 0 Å². The van der Waals surface area contributed by atoms with Crippen LogP contribution in [0.1, 0.15) is 30.3 Å². The van der Waals surface area contributed by atoms with E-state index in [2.05, 4.69) is 12.0 Å². The van der Waals surface area contributed by atoms with Crippen LogP contribution in [0.3, 0.4) is 0 Å². The van der Waals surface area contributed by atoms with E-state index in [0.29, 0.717) is 11.4 Å². The predicted octanol–water partition coefficient (Wildman–Crippen LogP) is 2.75. The van der Waals surface area contributed by atoms with Crippen molar-refractivity contribution in [2.75, 3.05) is 20.7 Å². The summed E-state index contributed by atoms with van der Waals surface area (Å²) in [6.45, 7) is 2.82. The zero-order chi connectivity index (χ0) is 15.2.